The first-order chi connectivity index (χ1) is 9.04. The number of aryl methyl sites for hydroxylation is 1. The Morgan fingerprint density at radius 1 is 1.37 bits per heavy atom. The average molecular weight is 266 g/mol. The molecule has 1 aromatic rings. The molecule has 0 aliphatic heterocycles. The Bertz CT molecular complexity index is 460. The summed E-state index contributed by atoms with van der Waals surface area (Å²) in [7, 11) is 1.59. The Morgan fingerprint density at radius 2 is 2.11 bits per heavy atom. The number of methoxy groups -OCH3 is 1. The minimum Gasteiger partial charge on any atom is -0.478 e. The number of ether oxygens (including phenoxy) is 1. The van der Waals surface area contributed by atoms with Crippen LogP contribution in [0.2, 0.25) is 0 Å². The zero-order valence-corrected chi connectivity index (χ0v) is 11.0. The molecule has 0 aliphatic carbocycles. The third kappa shape index (κ3) is 5.07. The molecule has 6 nitrogen and oxygen atoms in total. The molecular weight excluding hydrogens is 248 g/mol. The highest BCUT2D eigenvalue weighted by molar-refractivity contribution is 5.95. The van der Waals surface area contributed by atoms with Crippen molar-refractivity contribution in [2.75, 3.05) is 32.1 Å². The van der Waals surface area contributed by atoms with Gasteiger partial charge in [-0.1, -0.05) is 6.07 Å². The first-order valence-corrected chi connectivity index (χ1v) is 5.88. The van der Waals surface area contributed by atoms with E-state index in [4.69, 9.17) is 9.84 Å². The smallest absolute Gasteiger partial charge is 0.335 e. The van der Waals surface area contributed by atoms with Crippen LogP contribution in [-0.2, 0) is 9.53 Å². The molecule has 0 atom stereocenters. The summed E-state index contributed by atoms with van der Waals surface area (Å²) in [6.45, 7) is 3.07. The predicted molar refractivity (Wildman–Crippen MR) is 71.5 cm³/mol. The van der Waals surface area contributed by atoms with Crippen molar-refractivity contribution in [2.24, 2.45) is 0 Å². The van der Waals surface area contributed by atoms with E-state index in [-0.39, 0.29) is 18.0 Å². The van der Waals surface area contributed by atoms with Crippen molar-refractivity contribution in [3.63, 3.8) is 0 Å². The van der Waals surface area contributed by atoms with Gasteiger partial charge in [-0.15, -0.1) is 0 Å². The third-order valence-electron chi connectivity index (χ3n) is 2.53. The summed E-state index contributed by atoms with van der Waals surface area (Å²) in [5, 5.41) is 14.5. The highest BCUT2D eigenvalue weighted by Gasteiger charge is 2.08. The molecule has 104 valence electrons. The summed E-state index contributed by atoms with van der Waals surface area (Å²) in [6, 6.07) is 4.62. The minimum absolute atomic E-state index is 0.147. The second-order valence-electron chi connectivity index (χ2n) is 4.05. The monoisotopic (exact) mass is 266 g/mol. The van der Waals surface area contributed by atoms with Crippen LogP contribution < -0.4 is 10.6 Å². The Balaban J connectivity index is 2.58. The first-order valence-electron chi connectivity index (χ1n) is 5.88. The van der Waals surface area contributed by atoms with Gasteiger partial charge in [0.1, 0.15) is 0 Å². The van der Waals surface area contributed by atoms with Gasteiger partial charge in [0.25, 0.3) is 0 Å². The fraction of sp³-hybridized carbons (Fsp3) is 0.385. The molecular formula is C13H18N2O4. The van der Waals surface area contributed by atoms with Crippen molar-refractivity contribution < 1.29 is 19.4 Å². The molecule has 0 bridgehead atoms. The van der Waals surface area contributed by atoms with Crippen molar-refractivity contribution in [2.45, 2.75) is 6.92 Å². The number of nitrogens with one attached hydrogen (secondary N) is 2. The molecule has 19 heavy (non-hydrogen) atoms. The van der Waals surface area contributed by atoms with Gasteiger partial charge in [-0.2, -0.15) is 0 Å². The maximum atomic E-state index is 11.6. The van der Waals surface area contributed by atoms with E-state index in [1.54, 1.807) is 20.1 Å². The van der Waals surface area contributed by atoms with Crippen molar-refractivity contribution in [1.29, 1.82) is 0 Å². The summed E-state index contributed by atoms with van der Waals surface area (Å²) in [5.41, 5.74) is 1.47. The van der Waals surface area contributed by atoms with Gasteiger partial charge in [-0.25, -0.2) is 4.79 Å². The van der Waals surface area contributed by atoms with E-state index >= 15 is 0 Å². The lowest BCUT2D eigenvalue weighted by atomic mass is 10.1. The molecule has 6 heteroatoms. The molecule has 1 rings (SSSR count). The molecule has 0 saturated heterocycles. The quantitative estimate of drug-likeness (QED) is 0.637. The largest absolute Gasteiger partial charge is 0.478 e. The number of amides is 1. The molecule has 0 unspecified atom stereocenters. The molecule has 0 radical (unpaired) electrons. The van der Waals surface area contributed by atoms with E-state index in [0.717, 1.165) is 5.56 Å². The number of carboxylic acid groups (broad SMARTS) is 1. The van der Waals surface area contributed by atoms with Gasteiger partial charge in [0.2, 0.25) is 5.91 Å². The number of carbonyl (C=O) groups excluding carboxylic acids is 1. The van der Waals surface area contributed by atoms with Crippen LogP contribution in [0.25, 0.3) is 0 Å². The summed E-state index contributed by atoms with van der Waals surface area (Å²) < 4.78 is 4.84. The van der Waals surface area contributed by atoms with Crippen LogP contribution in [0.4, 0.5) is 5.69 Å². The van der Waals surface area contributed by atoms with E-state index in [9.17, 15) is 9.59 Å². The van der Waals surface area contributed by atoms with Crippen LogP contribution in [0.15, 0.2) is 18.2 Å². The Hall–Kier alpha value is -1.92. The molecule has 0 spiro atoms. The highest BCUT2D eigenvalue weighted by Crippen LogP contribution is 2.16. The van der Waals surface area contributed by atoms with Gasteiger partial charge in [-0.05, 0) is 24.6 Å². The third-order valence-corrected chi connectivity index (χ3v) is 2.53. The molecule has 0 fully saturated rings. The first kappa shape index (κ1) is 15.1. The zero-order valence-electron chi connectivity index (χ0n) is 11.0. The zero-order chi connectivity index (χ0) is 14.3. The van der Waals surface area contributed by atoms with Crippen LogP contribution in [0.3, 0.4) is 0 Å². The molecule has 0 saturated carbocycles. The van der Waals surface area contributed by atoms with E-state index in [1.807, 2.05) is 0 Å². The number of aromatic carboxylic acids is 1. The van der Waals surface area contributed by atoms with Gasteiger partial charge >= 0.3 is 5.97 Å². The van der Waals surface area contributed by atoms with Gasteiger partial charge in [-0.3, -0.25) is 4.79 Å². The van der Waals surface area contributed by atoms with Crippen LogP contribution in [0.5, 0.6) is 0 Å². The van der Waals surface area contributed by atoms with Crippen molar-refractivity contribution >= 4 is 17.6 Å². The van der Waals surface area contributed by atoms with Crippen molar-refractivity contribution in [3.8, 4) is 0 Å². The van der Waals surface area contributed by atoms with Gasteiger partial charge in [0.15, 0.2) is 0 Å². The standard InChI is InChI=1S/C13H18N2O4/c1-9-3-4-10(13(17)18)7-11(9)15-12(16)8-14-5-6-19-2/h3-4,7,14H,5-6,8H2,1-2H3,(H,15,16)(H,17,18). The lowest BCUT2D eigenvalue weighted by Crippen LogP contribution is -2.30. The normalized spacial score (nSPS) is 10.2. The van der Waals surface area contributed by atoms with Crippen LogP contribution >= 0.6 is 0 Å². The molecule has 0 heterocycles. The van der Waals surface area contributed by atoms with Crippen molar-refractivity contribution in [3.05, 3.63) is 29.3 Å². The fourth-order valence-corrected chi connectivity index (χ4v) is 1.46. The number of carbonyl (C=O) groups is 2. The topological polar surface area (TPSA) is 87.7 Å². The van der Waals surface area contributed by atoms with Crippen LogP contribution in [-0.4, -0.2) is 43.8 Å². The lowest BCUT2D eigenvalue weighted by molar-refractivity contribution is -0.115. The second kappa shape index (κ2) is 7.50. The Morgan fingerprint density at radius 3 is 2.74 bits per heavy atom. The summed E-state index contributed by atoms with van der Waals surface area (Å²) in [4.78, 5) is 22.5. The van der Waals surface area contributed by atoms with Gasteiger partial charge in [0.05, 0.1) is 18.7 Å². The molecule has 1 amide bonds. The minimum atomic E-state index is -1.02. The maximum absolute atomic E-state index is 11.6. The Kier molecular flexibility index (Phi) is 5.98. The number of hydrogen-bond acceptors (Lipinski definition) is 4. The van der Waals surface area contributed by atoms with Gasteiger partial charge < -0.3 is 20.5 Å². The number of anilines is 1. The number of carboxylic acids is 1. The summed E-state index contributed by atoms with van der Waals surface area (Å²) in [5.74, 6) is -1.24. The predicted octanol–water partition coefficient (Wildman–Crippen LogP) is 0.868. The molecule has 1 aromatic carbocycles. The van der Waals surface area contributed by atoms with Crippen LogP contribution in [0.1, 0.15) is 15.9 Å². The fourth-order valence-electron chi connectivity index (χ4n) is 1.46. The van der Waals surface area contributed by atoms with Gasteiger partial charge in [0, 0.05) is 19.3 Å². The van der Waals surface area contributed by atoms with E-state index in [1.165, 1.54) is 12.1 Å². The molecule has 3 N–H and O–H groups in total. The summed E-state index contributed by atoms with van der Waals surface area (Å²) >= 11 is 0. The van der Waals surface area contributed by atoms with Crippen LogP contribution in [0, 0.1) is 6.92 Å². The molecule has 0 aliphatic rings. The SMILES string of the molecule is COCCNCC(=O)Nc1cc(C(=O)O)ccc1C. The summed E-state index contributed by atoms with van der Waals surface area (Å²) in [6.07, 6.45) is 0. The highest BCUT2D eigenvalue weighted by atomic mass is 16.5. The lowest BCUT2D eigenvalue weighted by Gasteiger charge is -2.10. The van der Waals surface area contributed by atoms with E-state index in [2.05, 4.69) is 10.6 Å². The second-order valence-corrected chi connectivity index (χ2v) is 4.05. The Labute approximate surface area is 111 Å². The number of rotatable bonds is 7. The number of hydrogen-bond donors (Lipinski definition) is 3. The molecule has 0 aromatic heterocycles. The van der Waals surface area contributed by atoms with E-state index < -0.39 is 5.97 Å². The van der Waals surface area contributed by atoms with Crippen molar-refractivity contribution in [1.82, 2.24) is 5.32 Å². The maximum Gasteiger partial charge on any atom is 0.335 e. The number of benzene rings is 1. The van der Waals surface area contributed by atoms with E-state index in [0.29, 0.717) is 18.8 Å². The average Bonchev–Trinajstić information content (AvgIpc) is 2.37.